The number of piperidine rings is 1. The van der Waals surface area contributed by atoms with Gasteiger partial charge in [0.15, 0.2) is 11.5 Å². The molecule has 1 unspecified atom stereocenters. The van der Waals surface area contributed by atoms with Crippen molar-refractivity contribution in [1.82, 2.24) is 14.5 Å². The Bertz CT molecular complexity index is 1710. The summed E-state index contributed by atoms with van der Waals surface area (Å²) in [6, 6.07) is 15.6. The van der Waals surface area contributed by atoms with Gasteiger partial charge in [-0.25, -0.2) is 14.2 Å². The summed E-state index contributed by atoms with van der Waals surface area (Å²) in [4.78, 5) is 19.1. The highest BCUT2D eigenvalue weighted by molar-refractivity contribution is 6.30. The van der Waals surface area contributed by atoms with E-state index in [4.69, 9.17) is 30.8 Å². The zero-order valence-corrected chi connectivity index (χ0v) is 24.8. The number of aromatic carboxylic acids is 1. The molecule has 8 nitrogen and oxygen atoms in total. The fraction of sp³-hybridized carbons (Fsp3) is 0.394. The minimum Gasteiger partial charge on any atom is -0.478 e. The number of halogens is 2. The zero-order chi connectivity index (χ0) is 29.9. The summed E-state index contributed by atoms with van der Waals surface area (Å²) in [6.07, 6.45) is 2.90. The molecule has 0 saturated carbocycles. The van der Waals surface area contributed by atoms with E-state index in [1.54, 1.807) is 37.3 Å². The Morgan fingerprint density at radius 3 is 2.63 bits per heavy atom. The molecule has 3 atom stereocenters. The van der Waals surface area contributed by atoms with Crippen molar-refractivity contribution < 1.29 is 28.5 Å². The topological polar surface area (TPSA) is 86.0 Å². The fourth-order valence-electron chi connectivity index (χ4n) is 6.62. The van der Waals surface area contributed by atoms with Crippen LogP contribution in [0.15, 0.2) is 54.6 Å². The largest absolute Gasteiger partial charge is 0.478 e. The quantitative estimate of drug-likeness (QED) is 0.245. The summed E-state index contributed by atoms with van der Waals surface area (Å²) in [5.74, 6) is -0.261. The van der Waals surface area contributed by atoms with Gasteiger partial charge in [0, 0.05) is 24.1 Å². The van der Waals surface area contributed by atoms with Crippen molar-refractivity contribution in [2.75, 3.05) is 19.7 Å². The van der Waals surface area contributed by atoms with Crippen LogP contribution in [0.2, 0.25) is 5.02 Å². The molecule has 2 saturated heterocycles. The second-order valence-electron chi connectivity index (χ2n) is 11.8. The summed E-state index contributed by atoms with van der Waals surface area (Å²) in [6.45, 7) is 7.00. The average Bonchev–Trinajstić information content (AvgIpc) is 3.51. The van der Waals surface area contributed by atoms with E-state index in [-0.39, 0.29) is 23.6 Å². The van der Waals surface area contributed by atoms with Crippen LogP contribution >= 0.6 is 11.6 Å². The van der Waals surface area contributed by atoms with Crippen molar-refractivity contribution in [3.63, 3.8) is 0 Å². The third-order valence-corrected chi connectivity index (χ3v) is 9.36. The predicted octanol–water partition coefficient (Wildman–Crippen LogP) is 6.90. The first kappa shape index (κ1) is 28.1. The summed E-state index contributed by atoms with van der Waals surface area (Å²) in [5, 5.41) is 9.90. The maximum Gasteiger partial charge on any atom is 0.335 e. The average molecular weight is 606 g/mol. The smallest absolute Gasteiger partial charge is 0.335 e. The second kappa shape index (κ2) is 10.8. The molecule has 43 heavy (non-hydrogen) atoms. The van der Waals surface area contributed by atoms with Gasteiger partial charge in [-0.05, 0) is 87.7 Å². The molecule has 3 aromatic carbocycles. The summed E-state index contributed by atoms with van der Waals surface area (Å²) in [7, 11) is 0. The molecule has 7 rings (SSSR count). The number of benzene rings is 3. The fourth-order valence-corrected chi connectivity index (χ4v) is 6.77. The molecule has 1 N–H and O–H groups in total. The SMILES string of the molecule is CC(c1nc2ccc(C(=O)O)cc2n1C[C@@H]1CCO1)N1CCC(c2cccc3c2O[C@@](C)(c2ccc(Cl)cc2F)O3)CC1. The second-order valence-corrected chi connectivity index (χ2v) is 12.2. The summed E-state index contributed by atoms with van der Waals surface area (Å²) >= 11 is 5.98. The molecule has 3 aliphatic heterocycles. The van der Waals surface area contributed by atoms with Gasteiger partial charge < -0.3 is 23.9 Å². The van der Waals surface area contributed by atoms with Gasteiger partial charge in [0.2, 0.25) is 0 Å². The number of likely N-dealkylation sites (tertiary alicyclic amines) is 1. The van der Waals surface area contributed by atoms with Crippen molar-refractivity contribution in [2.45, 2.75) is 63.5 Å². The van der Waals surface area contributed by atoms with Crippen molar-refractivity contribution in [2.24, 2.45) is 0 Å². The molecule has 3 aliphatic rings. The molecule has 2 fully saturated rings. The number of fused-ring (bicyclic) bond motifs is 2. The highest BCUT2D eigenvalue weighted by Crippen LogP contribution is 2.50. The molecule has 4 heterocycles. The van der Waals surface area contributed by atoms with E-state index in [9.17, 15) is 14.3 Å². The predicted molar refractivity (Wildman–Crippen MR) is 159 cm³/mol. The normalized spacial score (nSPS) is 22.9. The van der Waals surface area contributed by atoms with Gasteiger partial charge >= 0.3 is 5.97 Å². The number of aromatic nitrogens is 2. The van der Waals surface area contributed by atoms with Crippen LogP contribution in [0.5, 0.6) is 11.5 Å². The number of hydrogen-bond donors (Lipinski definition) is 1. The molecule has 4 aromatic rings. The molecule has 0 aliphatic carbocycles. The van der Waals surface area contributed by atoms with E-state index in [1.165, 1.54) is 6.07 Å². The number of ether oxygens (including phenoxy) is 3. The first-order chi connectivity index (χ1) is 20.7. The van der Waals surface area contributed by atoms with Crippen molar-refractivity contribution in [3.05, 3.63) is 88.0 Å². The van der Waals surface area contributed by atoms with Crippen LogP contribution < -0.4 is 9.47 Å². The number of carboxylic acids is 1. The number of imidazole rings is 1. The third-order valence-electron chi connectivity index (χ3n) is 9.13. The maximum atomic E-state index is 14.8. The first-order valence-electron chi connectivity index (χ1n) is 14.8. The van der Waals surface area contributed by atoms with Gasteiger partial charge in [-0.3, -0.25) is 4.90 Å². The first-order valence-corrected chi connectivity index (χ1v) is 15.1. The van der Waals surface area contributed by atoms with Gasteiger partial charge in [-0.1, -0.05) is 23.7 Å². The van der Waals surface area contributed by atoms with Crippen LogP contribution in [0, 0.1) is 5.82 Å². The molecular formula is C33H33ClFN3O5. The van der Waals surface area contributed by atoms with Crippen molar-refractivity contribution in [3.8, 4) is 11.5 Å². The summed E-state index contributed by atoms with van der Waals surface area (Å²) in [5.41, 5.74) is 3.23. The van der Waals surface area contributed by atoms with Crippen molar-refractivity contribution >= 4 is 28.6 Å². The molecule has 0 radical (unpaired) electrons. The Balaban J connectivity index is 1.10. The summed E-state index contributed by atoms with van der Waals surface area (Å²) < 4.78 is 35.3. The van der Waals surface area contributed by atoms with Crippen LogP contribution in [0.3, 0.4) is 0 Å². The van der Waals surface area contributed by atoms with Gasteiger partial charge in [-0.2, -0.15) is 0 Å². The van der Waals surface area contributed by atoms with Crippen LogP contribution in [0.25, 0.3) is 11.0 Å². The number of para-hydroxylation sites is 1. The molecule has 10 heteroatoms. The maximum absolute atomic E-state index is 14.8. The van der Waals surface area contributed by atoms with E-state index in [0.29, 0.717) is 28.6 Å². The molecule has 0 bridgehead atoms. The number of hydrogen-bond acceptors (Lipinski definition) is 6. The van der Waals surface area contributed by atoms with Crippen LogP contribution in [-0.2, 0) is 17.1 Å². The Morgan fingerprint density at radius 1 is 1.14 bits per heavy atom. The number of rotatable bonds is 7. The molecular weight excluding hydrogens is 573 g/mol. The van der Waals surface area contributed by atoms with E-state index in [2.05, 4.69) is 22.5 Å². The number of nitrogens with zero attached hydrogens (tertiary/aromatic N) is 3. The Hall–Kier alpha value is -3.66. The van der Waals surface area contributed by atoms with E-state index >= 15 is 0 Å². The highest BCUT2D eigenvalue weighted by atomic mass is 35.5. The van der Waals surface area contributed by atoms with E-state index in [1.807, 2.05) is 12.1 Å². The number of carboxylic acid groups (broad SMARTS) is 1. The monoisotopic (exact) mass is 605 g/mol. The molecule has 0 spiro atoms. The lowest BCUT2D eigenvalue weighted by Crippen LogP contribution is -2.37. The van der Waals surface area contributed by atoms with Gasteiger partial charge in [0.25, 0.3) is 5.79 Å². The van der Waals surface area contributed by atoms with Crippen LogP contribution in [-0.4, -0.2) is 51.3 Å². The minimum atomic E-state index is -1.29. The minimum absolute atomic E-state index is 0.0268. The van der Waals surface area contributed by atoms with Gasteiger partial charge in [0.05, 0.1) is 40.9 Å². The molecule has 224 valence electrons. The van der Waals surface area contributed by atoms with E-state index in [0.717, 1.165) is 61.4 Å². The zero-order valence-electron chi connectivity index (χ0n) is 24.1. The lowest BCUT2D eigenvalue weighted by atomic mass is 9.88. The molecule has 1 aromatic heterocycles. The van der Waals surface area contributed by atoms with E-state index < -0.39 is 17.6 Å². The Labute approximate surface area is 253 Å². The lowest BCUT2D eigenvalue weighted by Gasteiger charge is -2.37. The lowest BCUT2D eigenvalue weighted by molar-refractivity contribution is -0.0712. The Morgan fingerprint density at radius 2 is 1.93 bits per heavy atom. The highest BCUT2D eigenvalue weighted by Gasteiger charge is 2.43. The number of carbonyl (C=O) groups is 1. The third kappa shape index (κ3) is 5.03. The molecule has 0 amide bonds. The van der Waals surface area contributed by atoms with Crippen LogP contribution in [0.1, 0.15) is 72.4 Å². The van der Waals surface area contributed by atoms with Crippen LogP contribution in [0.4, 0.5) is 4.39 Å². The standard InChI is InChI=1S/C33H33ClFN3O5/c1-19(31-36-27-9-6-21(32(39)40)16-28(27)38(31)18-23-12-15-41-23)37-13-10-20(11-14-37)24-4-3-5-29-30(24)43-33(2,42-29)25-8-7-22(34)17-26(25)35/h3-9,16-17,19-20,23H,10-15,18H2,1-2H3,(H,39,40)/t19?,23-,33-/m0/s1. The van der Waals surface area contributed by atoms with Gasteiger partial charge in [-0.15, -0.1) is 0 Å². The Kier molecular flexibility index (Phi) is 7.07. The van der Waals surface area contributed by atoms with Gasteiger partial charge in [0.1, 0.15) is 11.6 Å². The van der Waals surface area contributed by atoms with Crippen molar-refractivity contribution in [1.29, 1.82) is 0 Å².